The normalized spacial score (nSPS) is 15.6. The maximum absolute atomic E-state index is 2.47. The van der Waals surface area contributed by atoms with Crippen LogP contribution in [-0.2, 0) is 0 Å². The third-order valence-electron chi connectivity index (χ3n) is 9.75. The largest absolute Gasteiger partial charge is 0.381 e. The summed E-state index contributed by atoms with van der Waals surface area (Å²) in [6.45, 7) is 18.5. The minimum Gasteiger partial charge on any atom is -0.381 e. The lowest BCUT2D eigenvalue weighted by Crippen LogP contribution is -2.51. The molecule has 0 fully saturated rings. The zero-order valence-electron chi connectivity index (χ0n) is 27.6. The van der Waals surface area contributed by atoms with E-state index in [9.17, 15) is 0 Å². The van der Waals surface area contributed by atoms with Gasteiger partial charge in [-0.3, -0.25) is 0 Å². The predicted molar refractivity (Wildman–Crippen MR) is 195 cm³/mol. The average Bonchev–Trinajstić information content (AvgIpc) is 3.07. The summed E-state index contributed by atoms with van der Waals surface area (Å²) in [4.78, 5) is 4.93. The molecular weight excluding hydrogens is 530 g/mol. The van der Waals surface area contributed by atoms with Gasteiger partial charge in [-0.25, -0.2) is 0 Å². The molecule has 0 N–H and O–H groups in total. The van der Waals surface area contributed by atoms with E-state index in [0.29, 0.717) is 0 Å². The van der Waals surface area contributed by atoms with Crippen molar-refractivity contribution >= 4 is 36.0 Å². The van der Waals surface area contributed by atoms with Gasteiger partial charge < -0.3 is 9.62 Å². The Morgan fingerprint density at radius 2 is 0.614 bits per heavy atom. The maximum atomic E-state index is 2.47. The number of allylic oxidation sites excluding steroid dienone is 8. The summed E-state index contributed by atoms with van der Waals surface area (Å²) in [5.74, 6) is 0. The van der Waals surface area contributed by atoms with E-state index in [0.717, 1.165) is 0 Å². The van der Waals surface area contributed by atoms with Crippen LogP contribution >= 0.6 is 0 Å². The highest BCUT2D eigenvalue weighted by Crippen LogP contribution is 2.34. The first-order valence-electron chi connectivity index (χ1n) is 15.7. The van der Waals surface area contributed by atoms with Crippen LogP contribution < -0.4 is 20.5 Å². The molecule has 0 amide bonds. The molecule has 2 aliphatic rings. The number of hydrogen-bond acceptors (Lipinski definition) is 2. The molecule has 2 heterocycles. The first kappa shape index (κ1) is 31.0. The van der Waals surface area contributed by atoms with Gasteiger partial charge in [0.1, 0.15) is 0 Å². The van der Waals surface area contributed by atoms with Crippen molar-refractivity contribution in [2.24, 2.45) is 0 Å². The number of hydrogen-bond donors (Lipinski definition) is 0. The average molecular weight is 574 g/mol. The third kappa shape index (κ3) is 5.99. The van der Waals surface area contributed by atoms with Crippen molar-refractivity contribution in [2.45, 2.75) is 55.4 Å². The Labute approximate surface area is 266 Å². The Kier molecular flexibility index (Phi) is 9.49. The van der Waals surface area contributed by atoms with E-state index in [-0.39, 0.29) is 13.7 Å². The lowest BCUT2D eigenvalue weighted by Gasteiger charge is -2.39. The van der Waals surface area contributed by atoms with Gasteiger partial charge in [0.05, 0.1) is 0 Å². The second-order valence-corrected chi connectivity index (χ2v) is 12.1. The second kappa shape index (κ2) is 13.5. The summed E-state index contributed by atoms with van der Waals surface area (Å²) in [6, 6.07) is 43.0. The van der Waals surface area contributed by atoms with E-state index >= 15 is 0 Å². The highest BCUT2D eigenvalue weighted by Gasteiger charge is 2.35. The van der Waals surface area contributed by atoms with Crippen LogP contribution in [0.15, 0.2) is 166 Å². The van der Waals surface area contributed by atoms with E-state index in [4.69, 9.17) is 0 Å². The van der Waals surface area contributed by atoms with Gasteiger partial charge in [0.15, 0.2) is 0 Å². The Bertz CT molecular complexity index is 1460. The molecule has 4 aromatic rings. The molecule has 0 saturated heterocycles. The monoisotopic (exact) mass is 574 g/mol. The standard InChI is InChI=1S/2C20H22BN/c2*1-15-16(2)18(4)22(20-13-9-6-10-14-20)21(17(15)3)19-11-7-5-8-12-19/h2*5-14H,1-4H3. The molecule has 6 rings (SSSR count). The molecule has 2 aliphatic heterocycles. The fraction of sp³-hybridized carbons (Fsp3) is 0.200. The maximum Gasteiger partial charge on any atom is 0.323 e. The van der Waals surface area contributed by atoms with Gasteiger partial charge in [-0.1, -0.05) is 130 Å². The van der Waals surface area contributed by atoms with Crippen LogP contribution in [0.1, 0.15) is 55.4 Å². The van der Waals surface area contributed by atoms with Gasteiger partial charge in [0.25, 0.3) is 0 Å². The molecule has 220 valence electrons. The number of para-hydroxylation sites is 2. The Morgan fingerprint density at radius 1 is 0.341 bits per heavy atom. The minimum absolute atomic E-state index is 0.271. The van der Waals surface area contributed by atoms with Crippen LogP contribution in [0, 0.1) is 0 Å². The van der Waals surface area contributed by atoms with Crippen molar-refractivity contribution in [3.63, 3.8) is 0 Å². The number of benzene rings is 4. The van der Waals surface area contributed by atoms with Crippen molar-refractivity contribution in [1.82, 2.24) is 0 Å². The Hall–Kier alpha value is -4.43. The van der Waals surface area contributed by atoms with Crippen molar-refractivity contribution < 1.29 is 0 Å². The molecule has 0 spiro atoms. The van der Waals surface area contributed by atoms with Crippen LogP contribution in [-0.4, -0.2) is 13.7 Å². The van der Waals surface area contributed by atoms with Crippen LogP contribution in [0.4, 0.5) is 11.4 Å². The zero-order valence-corrected chi connectivity index (χ0v) is 27.6. The van der Waals surface area contributed by atoms with Crippen molar-refractivity contribution in [3.8, 4) is 0 Å². The van der Waals surface area contributed by atoms with Crippen molar-refractivity contribution in [2.75, 3.05) is 9.62 Å². The highest BCUT2D eigenvalue weighted by atomic mass is 15.1. The van der Waals surface area contributed by atoms with E-state index in [1.54, 1.807) is 0 Å². The molecule has 0 aromatic heterocycles. The minimum atomic E-state index is 0.271. The van der Waals surface area contributed by atoms with Crippen LogP contribution in [0.3, 0.4) is 0 Å². The molecule has 0 radical (unpaired) electrons. The summed E-state index contributed by atoms with van der Waals surface area (Å²) in [5.41, 5.74) is 16.3. The topological polar surface area (TPSA) is 6.48 Å². The third-order valence-corrected chi connectivity index (χ3v) is 9.75. The first-order valence-corrected chi connectivity index (χ1v) is 15.7. The van der Waals surface area contributed by atoms with E-state index in [1.165, 1.54) is 66.9 Å². The van der Waals surface area contributed by atoms with Gasteiger partial charge in [-0.15, -0.1) is 0 Å². The van der Waals surface area contributed by atoms with Gasteiger partial charge in [-0.05, 0) is 90.8 Å². The number of nitrogens with zero attached hydrogens (tertiary/aromatic N) is 2. The first-order chi connectivity index (χ1) is 21.2. The summed E-state index contributed by atoms with van der Waals surface area (Å²) >= 11 is 0. The molecule has 44 heavy (non-hydrogen) atoms. The smallest absolute Gasteiger partial charge is 0.323 e. The summed E-state index contributed by atoms with van der Waals surface area (Å²) in [5, 5.41) is 0. The van der Waals surface area contributed by atoms with Crippen LogP contribution in [0.2, 0.25) is 0 Å². The molecule has 4 heteroatoms. The zero-order chi connectivity index (χ0) is 31.4. The molecule has 0 bridgehead atoms. The molecule has 0 atom stereocenters. The van der Waals surface area contributed by atoms with E-state index < -0.39 is 0 Å². The number of rotatable bonds is 4. The second-order valence-electron chi connectivity index (χ2n) is 12.1. The SMILES string of the molecule is CC1=C(C)C(C)=C(C)N(c2ccccc2)B1c1ccccc1.CC1=C(C)C(C)=C(C)N(c2ccccc2)B1c1ccccc1. The number of anilines is 2. The molecular formula is C40H44B2N2. The lowest BCUT2D eigenvalue weighted by molar-refractivity contribution is 1.11. The summed E-state index contributed by atoms with van der Waals surface area (Å²) in [6.07, 6.45) is 0. The molecule has 0 unspecified atom stereocenters. The molecule has 0 aliphatic carbocycles. The van der Waals surface area contributed by atoms with Crippen LogP contribution in [0.5, 0.6) is 0 Å². The molecule has 2 nitrogen and oxygen atoms in total. The van der Waals surface area contributed by atoms with E-state index in [1.807, 2.05) is 0 Å². The fourth-order valence-corrected chi connectivity index (χ4v) is 6.61. The van der Waals surface area contributed by atoms with Crippen molar-refractivity contribution in [1.29, 1.82) is 0 Å². The predicted octanol–water partition coefficient (Wildman–Crippen LogP) is 9.15. The Morgan fingerprint density at radius 3 is 0.909 bits per heavy atom. The Balaban J connectivity index is 0.000000175. The summed E-state index contributed by atoms with van der Waals surface area (Å²) < 4.78 is 0. The van der Waals surface area contributed by atoms with E-state index in [2.05, 4.69) is 186 Å². The van der Waals surface area contributed by atoms with Crippen molar-refractivity contribution in [3.05, 3.63) is 166 Å². The molecule has 4 aromatic carbocycles. The molecule has 0 saturated carbocycles. The quantitative estimate of drug-likeness (QED) is 0.224. The highest BCUT2D eigenvalue weighted by molar-refractivity contribution is 6.84. The summed E-state index contributed by atoms with van der Waals surface area (Å²) in [7, 11) is 0. The van der Waals surface area contributed by atoms with Gasteiger partial charge >= 0.3 is 13.7 Å². The lowest BCUT2D eigenvalue weighted by atomic mass is 9.46. The fourth-order valence-electron chi connectivity index (χ4n) is 6.61. The van der Waals surface area contributed by atoms with Gasteiger partial charge in [0, 0.05) is 22.8 Å². The van der Waals surface area contributed by atoms with Gasteiger partial charge in [0.2, 0.25) is 0 Å². The van der Waals surface area contributed by atoms with Crippen LogP contribution in [0.25, 0.3) is 0 Å². The van der Waals surface area contributed by atoms with Gasteiger partial charge in [-0.2, -0.15) is 0 Å².